The van der Waals surface area contributed by atoms with Crippen LogP contribution in [0, 0.1) is 5.92 Å². The molecule has 5 nitrogen and oxygen atoms in total. The normalized spacial score (nSPS) is 19.1. The average molecular weight is 285 g/mol. The minimum absolute atomic E-state index is 0.391. The highest BCUT2D eigenvalue weighted by atomic mass is 16.5. The largest absolute Gasteiger partial charge is 0.381 e. The number of aliphatic imine (C=N–C) groups is 1. The SMILES string of the molecule is CN=C(NCCCOC1CCOCC1)NC(C)C(C)C. The van der Waals surface area contributed by atoms with E-state index in [1.165, 1.54) is 0 Å². The van der Waals surface area contributed by atoms with Crippen molar-refractivity contribution in [2.75, 3.05) is 33.4 Å². The molecule has 1 fully saturated rings. The number of nitrogens with zero attached hydrogens (tertiary/aromatic N) is 1. The van der Waals surface area contributed by atoms with Gasteiger partial charge in [-0.15, -0.1) is 0 Å². The molecule has 0 aromatic heterocycles. The third-order valence-corrected chi connectivity index (χ3v) is 3.72. The van der Waals surface area contributed by atoms with Gasteiger partial charge in [0.05, 0.1) is 6.10 Å². The quantitative estimate of drug-likeness (QED) is 0.425. The standard InChI is InChI=1S/C15H31N3O2/c1-12(2)13(3)18-15(16-4)17-8-5-9-20-14-6-10-19-11-7-14/h12-14H,5-11H2,1-4H3,(H2,16,17,18). The van der Waals surface area contributed by atoms with Crippen LogP contribution in [0.3, 0.4) is 0 Å². The highest BCUT2D eigenvalue weighted by Gasteiger charge is 2.13. The first kappa shape index (κ1) is 17.2. The van der Waals surface area contributed by atoms with Crippen LogP contribution in [0.2, 0.25) is 0 Å². The first-order valence-electron chi connectivity index (χ1n) is 7.80. The Balaban J connectivity index is 2.06. The van der Waals surface area contributed by atoms with Gasteiger partial charge in [0, 0.05) is 39.5 Å². The summed E-state index contributed by atoms with van der Waals surface area (Å²) in [6.07, 6.45) is 3.45. The van der Waals surface area contributed by atoms with Crippen LogP contribution in [-0.2, 0) is 9.47 Å². The fraction of sp³-hybridized carbons (Fsp3) is 0.933. The second-order valence-electron chi connectivity index (χ2n) is 5.71. The maximum absolute atomic E-state index is 5.84. The van der Waals surface area contributed by atoms with Gasteiger partial charge in [0.15, 0.2) is 5.96 Å². The Morgan fingerprint density at radius 3 is 2.60 bits per heavy atom. The van der Waals surface area contributed by atoms with E-state index >= 15 is 0 Å². The number of guanidine groups is 1. The van der Waals surface area contributed by atoms with E-state index in [2.05, 4.69) is 36.4 Å². The van der Waals surface area contributed by atoms with Gasteiger partial charge in [0.25, 0.3) is 0 Å². The van der Waals surface area contributed by atoms with Crippen molar-refractivity contribution in [1.29, 1.82) is 0 Å². The summed E-state index contributed by atoms with van der Waals surface area (Å²) in [5, 5.41) is 6.72. The zero-order chi connectivity index (χ0) is 14.8. The van der Waals surface area contributed by atoms with E-state index in [0.29, 0.717) is 18.1 Å². The molecule has 0 aromatic rings. The molecule has 20 heavy (non-hydrogen) atoms. The van der Waals surface area contributed by atoms with Gasteiger partial charge in [-0.2, -0.15) is 0 Å². The lowest BCUT2D eigenvalue weighted by atomic mass is 10.1. The van der Waals surface area contributed by atoms with E-state index in [1.807, 2.05) is 0 Å². The molecule has 0 aromatic carbocycles. The molecular weight excluding hydrogens is 254 g/mol. The fourth-order valence-electron chi connectivity index (χ4n) is 1.95. The molecule has 118 valence electrons. The smallest absolute Gasteiger partial charge is 0.191 e. The van der Waals surface area contributed by atoms with E-state index < -0.39 is 0 Å². The fourth-order valence-corrected chi connectivity index (χ4v) is 1.95. The van der Waals surface area contributed by atoms with Crippen LogP contribution in [0.25, 0.3) is 0 Å². The van der Waals surface area contributed by atoms with Crippen molar-refractivity contribution in [2.24, 2.45) is 10.9 Å². The van der Waals surface area contributed by atoms with E-state index in [9.17, 15) is 0 Å². The molecule has 1 atom stereocenters. The van der Waals surface area contributed by atoms with E-state index in [4.69, 9.17) is 9.47 Å². The first-order chi connectivity index (χ1) is 9.63. The Morgan fingerprint density at radius 2 is 2.00 bits per heavy atom. The molecule has 1 aliphatic heterocycles. The second-order valence-corrected chi connectivity index (χ2v) is 5.71. The molecule has 1 saturated heterocycles. The minimum Gasteiger partial charge on any atom is -0.381 e. The topological polar surface area (TPSA) is 54.9 Å². The summed E-state index contributed by atoms with van der Waals surface area (Å²) in [7, 11) is 1.81. The second kappa shape index (κ2) is 10.00. The summed E-state index contributed by atoms with van der Waals surface area (Å²) in [5.41, 5.74) is 0. The minimum atomic E-state index is 0.391. The number of hydrogen-bond acceptors (Lipinski definition) is 3. The molecule has 1 unspecified atom stereocenters. The van der Waals surface area contributed by atoms with Gasteiger partial charge in [-0.25, -0.2) is 0 Å². The van der Waals surface area contributed by atoms with Gasteiger partial charge in [-0.3, -0.25) is 4.99 Å². The van der Waals surface area contributed by atoms with Crippen molar-refractivity contribution >= 4 is 5.96 Å². The van der Waals surface area contributed by atoms with E-state index in [0.717, 1.165) is 51.6 Å². The molecule has 0 saturated carbocycles. The van der Waals surface area contributed by atoms with Gasteiger partial charge in [-0.1, -0.05) is 13.8 Å². The van der Waals surface area contributed by atoms with Gasteiger partial charge in [-0.05, 0) is 32.1 Å². The van der Waals surface area contributed by atoms with Crippen molar-refractivity contribution in [3.8, 4) is 0 Å². The summed E-state index contributed by atoms with van der Waals surface area (Å²) < 4.78 is 11.2. The Kier molecular flexibility index (Phi) is 8.62. The lowest BCUT2D eigenvalue weighted by molar-refractivity contribution is -0.0320. The van der Waals surface area contributed by atoms with E-state index in [-0.39, 0.29) is 0 Å². The summed E-state index contributed by atoms with van der Waals surface area (Å²) >= 11 is 0. The Morgan fingerprint density at radius 1 is 1.30 bits per heavy atom. The Bertz CT molecular complexity index is 276. The maximum Gasteiger partial charge on any atom is 0.191 e. The molecule has 0 radical (unpaired) electrons. The highest BCUT2D eigenvalue weighted by molar-refractivity contribution is 5.79. The lowest BCUT2D eigenvalue weighted by Gasteiger charge is -2.23. The third kappa shape index (κ3) is 7.10. The average Bonchev–Trinajstić information content (AvgIpc) is 2.46. The molecule has 1 rings (SSSR count). The number of ether oxygens (including phenoxy) is 2. The number of hydrogen-bond donors (Lipinski definition) is 2. The molecule has 2 N–H and O–H groups in total. The monoisotopic (exact) mass is 285 g/mol. The zero-order valence-electron chi connectivity index (χ0n) is 13.4. The van der Waals surface area contributed by atoms with Crippen LogP contribution < -0.4 is 10.6 Å². The molecule has 0 aliphatic carbocycles. The summed E-state index contributed by atoms with van der Waals surface area (Å²) in [5.74, 6) is 1.46. The maximum atomic E-state index is 5.84. The van der Waals surface area contributed by atoms with Gasteiger partial charge in [0.2, 0.25) is 0 Å². The zero-order valence-corrected chi connectivity index (χ0v) is 13.4. The molecule has 1 aliphatic rings. The number of nitrogens with one attached hydrogen (secondary N) is 2. The Hall–Kier alpha value is -0.810. The van der Waals surface area contributed by atoms with Gasteiger partial charge in [0.1, 0.15) is 0 Å². The molecule has 0 bridgehead atoms. The van der Waals surface area contributed by atoms with E-state index in [1.54, 1.807) is 7.05 Å². The summed E-state index contributed by atoms with van der Waals surface area (Å²) in [6.45, 7) is 9.94. The van der Waals surface area contributed by atoms with Crippen LogP contribution in [0.1, 0.15) is 40.0 Å². The predicted octanol–water partition coefficient (Wildman–Crippen LogP) is 1.78. The number of rotatable bonds is 7. The highest BCUT2D eigenvalue weighted by Crippen LogP contribution is 2.10. The lowest BCUT2D eigenvalue weighted by Crippen LogP contribution is -2.44. The molecule has 5 heteroatoms. The summed E-state index contributed by atoms with van der Waals surface area (Å²) in [6, 6.07) is 0.416. The van der Waals surface area contributed by atoms with Crippen LogP contribution in [0.5, 0.6) is 0 Å². The molecular formula is C15H31N3O2. The van der Waals surface area contributed by atoms with Crippen molar-refractivity contribution in [3.05, 3.63) is 0 Å². The molecule has 0 amide bonds. The molecule has 1 heterocycles. The van der Waals surface area contributed by atoms with Crippen LogP contribution >= 0.6 is 0 Å². The van der Waals surface area contributed by atoms with Crippen molar-refractivity contribution in [2.45, 2.75) is 52.2 Å². The third-order valence-electron chi connectivity index (χ3n) is 3.72. The van der Waals surface area contributed by atoms with Crippen molar-refractivity contribution in [1.82, 2.24) is 10.6 Å². The van der Waals surface area contributed by atoms with Crippen molar-refractivity contribution < 1.29 is 9.47 Å². The van der Waals surface area contributed by atoms with Crippen molar-refractivity contribution in [3.63, 3.8) is 0 Å². The summed E-state index contributed by atoms with van der Waals surface area (Å²) in [4.78, 5) is 4.23. The molecule has 0 spiro atoms. The van der Waals surface area contributed by atoms with Crippen LogP contribution in [-0.4, -0.2) is 51.5 Å². The van der Waals surface area contributed by atoms with Gasteiger partial charge < -0.3 is 20.1 Å². The van der Waals surface area contributed by atoms with Crippen LogP contribution in [0.15, 0.2) is 4.99 Å². The van der Waals surface area contributed by atoms with Gasteiger partial charge >= 0.3 is 0 Å². The predicted molar refractivity (Wildman–Crippen MR) is 83.2 cm³/mol. The first-order valence-corrected chi connectivity index (χ1v) is 7.80. The Labute approximate surface area is 123 Å². The van der Waals surface area contributed by atoms with Crippen LogP contribution in [0.4, 0.5) is 0 Å².